The van der Waals surface area contributed by atoms with Crippen LogP contribution in [0.15, 0.2) is 91.0 Å². The lowest BCUT2D eigenvalue weighted by Crippen LogP contribution is -2.31. The Balaban J connectivity index is 1.14. The van der Waals surface area contributed by atoms with Crippen molar-refractivity contribution < 1.29 is 42.7 Å². The average molecular weight is 751 g/mol. The van der Waals surface area contributed by atoms with Crippen molar-refractivity contribution in [3.8, 4) is 23.0 Å². The van der Waals surface area contributed by atoms with E-state index in [1.54, 1.807) is 6.07 Å². The van der Waals surface area contributed by atoms with Crippen molar-refractivity contribution >= 4 is 33.4 Å². The molecular formula is C44H50N2O9. The van der Waals surface area contributed by atoms with E-state index in [9.17, 15) is 9.59 Å². The van der Waals surface area contributed by atoms with Gasteiger partial charge in [-0.1, -0.05) is 69.3 Å². The SMILES string of the molecule is CC(C)(C)c1cc2cc(c1)C(=O)NCCOc1cccc3c(cccc13)OCCOCCOCCOCCOc1cccc3c(cccc13)OCCNC2=O. The van der Waals surface area contributed by atoms with Crippen LogP contribution in [0.3, 0.4) is 0 Å². The van der Waals surface area contributed by atoms with Crippen LogP contribution in [-0.4, -0.2) is 91.0 Å². The Labute approximate surface area is 322 Å². The first-order chi connectivity index (χ1) is 26.8. The molecule has 1 aliphatic rings. The molecule has 2 N–H and O–H groups in total. The molecular weight excluding hydrogens is 700 g/mol. The minimum absolute atomic E-state index is 0.245. The van der Waals surface area contributed by atoms with Crippen LogP contribution in [0.2, 0.25) is 0 Å². The maximum Gasteiger partial charge on any atom is 0.251 e. The lowest BCUT2D eigenvalue weighted by atomic mass is 9.85. The third kappa shape index (κ3) is 10.9. The number of benzene rings is 5. The first-order valence-corrected chi connectivity index (χ1v) is 18.8. The molecule has 0 fully saturated rings. The largest absolute Gasteiger partial charge is 0.491 e. The second-order valence-electron chi connectivity index (χ2n) is 14.0. The van der Waals surface area contributed by atoms with Crippen LogP contribution in [0.4, 0.5) is 0 Å². The standard InChI is InChI=1S/C44H50N2O9/c1-44(2,3)33-29-31-28-32(30-33)43(48)46-17-19-53-39-13-5-11-37-35(39)9-7-15-41(37)55-27-25-51-23-21-49-20-22-50-24-26-54-40-14-6-8-34-36(40)10-4-12-38(34)52-18-16-45-42(31)47/h4-15,28-30H,16-27H2,1-3H3,(H,45,47)(H,46,48). The van der Waals surface area contributed by atoms with E-state index in [-0.39, 0.29) is 43.5 Å². The number of amides is 2. The van der Waals surface area contributed by atoms with E-state index in [1.165, 1.54) is 0 Å². The Morgan fingerprint density at radius 2 is 0.764 bits per heavy atom. The van der Waals surface area contributed by atoms with Crippen LogP contribution >= 0.6 is 0 Å². The summed E-state index contributed by atoms with van der Waals surface area (Å²) in [5.41, 5.74) is 1.37. The van der Waals surface area contributed by atoms with E-state index in [0.29, 0.717) is 75.5 Å². The summed E-state index contributed by atoms with van der Waals surface area (Å²) in [6.45, 7) is 10.5. The highest BCUT2D eigenvalue weighted by Gasteiger charge is 2.20. The first-order valence-electron chi connectivity index (χ1n) is 18.8. The minimum Gasteiger partial charge on any atom is -0.491 e. The third-order valence-corrected chi connectivity index (χ3v) is 9.01. The van der Waals surface area contributed by atoms with Crippen molar-refractivity contribution in [3.63, 3.8) is 0 Å². The van der Waals surface area contributed by atoms with Gasteiger partial charge in [0.15, 0.2) is 0 Å². The van der Waals surface area contributed by atoms with Crippen LogP contribution in [0, 0.1) is 0 Å². The third-order valence-electron chi connectivity index (χ3n) is 9.01. The summed E-state index contributed by atoms with van der Waals surface area (Å²) in [7, 11) is 0. The summed E-state index contributed by atoms with van der Waals surface area (Å²) < 4.78 is 41.4. The van der Waals surface area contributed by atoms with E-state index in [1.807, 2.05) is 106 Å². The molecule has 0 saturated heterocycles. The van der Waals surface area contributed by atoms with E-state index >= 15 is 0 Å². The fourth-order valence-electron chi connectivity index (χ4n) is 6.15. The molecule has 55 heavy (non-hydrogen) atoms. The highest BCUT2D eigenvalue weighted by molar-refractivity contribution is 6.00. The number of hydrogen-bond acceptors (Lipinski definition) is 9. The van der Waals surface area contributed by atoms with Crippen molar-refractivity contribution in [2.45, 2.75) is 26.2 Å². The number of carbonyl (C=O) groups is 2. The maximum absolute atomic E-state index is 13.4. The first kappa shape index (κ1) is 39.3. The van der Waals surface area contributed by atoms with Gasteiger partial charge in [-0.15, -0.1) is 0 Å². The van der Waals surface area contributed by atoms with E-state index in [0.717, 1.165) is 38.6 Å². The Kier molecular flexibility index (Phi) is 13.8. The fraction of sp³-hybridized carbons (Fsp3) is 0.364. The highest BCUT2D eigenvalue weighted by Crippen LogP contribution is 2.33. The molecule has 290 valence electrons. The van der Waals surface area contributed by atoms with Gasteiger partial charge in [-0.25, -0.2) is 0 Å². The molecule has 10 bridgehead atoms. The van der Waals surface area contributed by atoms with Crippen LogP contribution < -0.4 is 29.6 Å². The number of carbonyl (C=O) groups excluding carboxylic acids is 2. The highest BCUT2D eigenvalue weighted by atomic mass is 16.6. The number of fused-ring (bicyclic) bond motifs is 2. The summed E-state index contributed by atoms with van der Waals surface area (Å²) in [4.78, 5) is 26.8. The molecule has 0 radical (unpaired) electrons. The van der Waals surface area contributed by atoms with Gasteiger partial charge in [0.1, 0.15) is 49.4 Å². The summed E-state index contributed by atoms with van der Waals surface area (Å²) in [5, 5.41) is 9.53. The molecule has 11 nitrogen and oxygen atoms in total. The lowest BCUT2D eigenvalue weighted by Gasteiger charge is -2.21. The molecule has 6 rings (SSSR count). The number of nitrogens with one attached hydrogen (secondary N) is 2. The molecule has 0 saturated carbocycles. The maximum atomic E-state index is 13.4. The molecule has 2 amide bonds. The van der Waals surface area contributed by atoms with E-state index in [2.05, 4.69) is 10.6 Å². The van der Waals surface area contributed by atoms with Gasteiger partial charge in [0.2, 0.25) is 0 Å². The second-order valence-corrected chi connectivity index (χ2v) is 14.0. The molecule has 1 heterocycles. The zero-order chi connectivity index (χ0) is 38.5. The van der Waals surface area contributed by atoms with Crippen molar-refractivity contribution in [3.05, 3.63) is 108 Å². The number of hydrogen-bond donors (Lipinski definition) is 2. The minimum atomic E-state index is -0.297. The predicted octanol–water partition coefficient (Wildman–Crippen LogP) is 6.73. The van der Waals surface area contributed by atoms with Crippen molar-refractivity contribution in [2.75, 3.05) is 79.2 Å². The van der Waals surface area contributed by atoms with Gasteiger partial charge in [-0.05, 0) is 53.4 Å². The normalized spacial score (nSPS) is 16.5. The number of ether oxygens (including phenoxy) is 7. The zero-order valence-electron chi connectivity index (χ0n) is 31.8. The summed E-state index contributed by atoms with van der Waals surface area (Å²) in [6, 6.07) is 28.5. The van der Waals surface area contributed by atoms with Gasteiger partial charge in [0.05, 0.1) is 52.7 Å². The average Bonchev–Trinajstić information content (AvgIpc) is 3.19. The molecule has 0 atom stereocenters. The summed E-state index contributed by atoms with van der Waals surface area (Å²) in [6.07, 6.45) is 0. The van der Waals surface area contributed by atoms with Gasteiger partial charge in [0.25, 0.3) is 11.8 Å². The predicted molar refractivity (Wildman–Crippen MR) is 212 cm³/mol. The van der Waals surface area contributed by atoms with E-state index < -0.39 is 0 Å². The monoisotopic (exact) mass is 750 g/mol. The Hall–Kier alpha value is -5.36. The lowest BCUT2D eigenvalue weighted by molar-refractivity contribution is 0.00512. The van der Waals surface area contributed by atoms with Crippen LogP contribution in [0.5, 0.6) is 23.0 Å². The Bertz CT molecular complexity index is 1920. The molecule has 5 aromatic carbocycles. The van der Waals surface area contributed by atoms with Crippen LogP contribution in [-0.2, 0) is 19.6 Å². The van der Waals surface area contributed by atoms with Gasteiger partial charge >= 0.3 is 0 Å². The molecule has 5 aromatic rings. The zero-order valence-corrected chi connectivity index (χ0v) is 31.8. The van der Waals surface area contributed by atoms with Crippen LogP contribution in [0.25, 0.3) is 21.5 Å². The molecule has 0 spiro atoms. The summed E-state index contributed by atoms with van der Waals surface area (Å²) >= 11 is 0. The molecule has 0 aromatic heterocycles. The van der Waals surface area contributed by atoms with Gasteiger partial charge in [-0.3, -0.25) is 9.59 Å². The topological polar surface area (TPSA) is 123 Å². The Morgan fingerprint density at radius 3 is 1.11 bits per heavy atom. The molecule has 0 unspecified atom stereocenters. The van der Waals surface area contributed by atoms with Crippen molar-refractivity contribution in [1.82, 2.24) is 10.6 Å². The molecule has 0 aliphatic carbocycles. The Morgan fingerprint density at radius 1 is 0.436 bits per heavy atom. The fourth-order valence-corrected chi connectivity index (χ4v) is 6.15. The summed E-state index contributed by atoms with van der Waals surface area (Å²) in [5.74, 6) is 2.23. The number of rotatable bonds is 0. The van der Waals surface area contributed by atoms with E-state index in [4.69, 9.17) is 33.2 Å². The van der Waals surface area contributed by atoms with Gasteiger partial charge < -0.3 is 43.8 Å². The smallest absolute Gasteiger partial charge is 0.251 e. The van der Waals surface area contributed by atoms with Gasteiger partial charge in [-0.2, -0.15) is 0 Å². The van der Waals surface area contributed by atoms with Crippen molar-refractivity contribution in [2.24, 2.45) is 0 Å². The second kappa shape index (κ2) is 19.3. The molecule has 1 aliphatic heterocycles. The van der Waals surface area contributed by atoms with Gasteiger partial charge in [0, 0.05) is 32.7 Å². The van der Waals surface area contributed by atoms with Crippen molar-refractivity contribution in [1.29, 1.82) is 0 Å². The quantitative estimate of drug-likeness (QED) is 0.178. The molecule has 11 heteroatoms. The van der Waals surface area contributed by atoms with Crippen LogP contribution in [0.1, 0.15) is 47.1 Å².